The van der Waals surface area contributed by atoms with Crippen LogP contribution in [0.1, 0.15) is 65.5 Å². The molecule has 6 nitrogen and oxygen atoms in total. The molecule has 0 saturated heterocycles. The third-order valence-electron chi connectivity index (χ3n) is 6.19. The van der Waals surface area contributed by atoms with Gasteiger partial charge in [0, 0.05) is 46.9 Å². The molecule has 0 bridgehead atoms. The monoisotopic (exact) mass is 428 g/mol. The highest BCUT2D eigenvalue weighted by Gasteiger charge is 2.53. The van der Waals surface area contributed by atoms with Crippen LogP contribution in [0.4, 0.5) is 0 Å². The molecule has 0 unspecified atom stereocenters. The van der Waals surface area contributed by atoms with Gasteiger partial charge in [0.2, 0.25) is 0 Å². The van der Waals surface area contributed by atoms with E-state index in [1.165, 1.54) is 0 Å². The molecule has 168 valence electrons. The fourth-order valence-corrected chi connectivity index (χ4v) is 5.03. The second kappa shape index (κ2) is 7.14. The maximum atomic E-state index is 10.4. The average Bonchev–Trinajstić information content (AvgIpc) is 2.63. The van der Waals surface area contributed by atoms with Gasteiger partial charge in [-0.2, -0.15) is 0 Å². The van der Waals surface area contributed by atoms with Crippen molar-refractivity contribution in [2.45, 2.75) is 71.0 Å². The van der Waals surface area contributed by atoms with Crippen LogP contribution in [0.25, 0.3) is 0 Å². The molecular weight excluding hydrogens is 396 g/mol. The van der Waals surface area contributed by atoms with Crippen molar-refractivity contribution in [3.05, 3.63) is 35.4 Å². The Bertz CT molecular complexity index is 926. The molecule has 2 N–H and O–H groups in total. The van der Waals surface area contributed by atoms with E-state index in [4.69, 9.17) is 18.9 Å². The van der Waals surface area contributed by atoms with E-state index in [9.17, 15) is 10.2 Å². The third-order valence-corrected chi connectivity index (χ3v) is 6.19. The number of hydrogen-bond donors (Lipinski definition) is 2. The Morgan fingerprint density at radius 3 is 1.48 bits per heavy atom. The second-order valence-corrected chi connectivity index (χ2v) is 9.73. The molecule has 2 aromatic rings. The van der Waals surface area contributed by atoms with E-state index in [0.29, 0.717) is 49.1 Å². The first kappa shape index (κ1) is 21.5. The Kier molecular flexibility index (Phi) is 4.95. The zero-order valence-electron chi connectivity index (χ0n) is 19.2. The molecule has 31 heavy (non-hydrogen) atoms. The molecule has 0 fully saturated rings. The second-order valence-electron chi connectivity index (χ2n) is 9.73. The maximum absolute atomic E-state index is 10.4. The molecule has 2 aliphatic heterocycles. The highest BCUT2D eigenvalue weighted by molar-refractivity contribution is 5.56. The lowest BCUT2D eigenvalue weighted by Crippen LogP contribution is -2.55. The standard InChI is InChI=1S/C25H32O6/c1-7-28-21-9-15-19(11-17(21)26)30-25(13-23(15,3)4)14-24(5,6)16-10-22(29-8-2)18(27)12-20(16)31-25/h9-12,26-27H,7-8,13-14H2,1-6H3. The van der Waals surface area contributed by atoms with Crippen molar-refractivity contribution in [3.63, 3.8) is 0 Å². The number of aromatic hydroxyl groups is 2. The van der Waals surface area contributed by atoms with Crippen LogP contribution in [-0.2, 0) is 10.8 Å². The minimum absolute atomic E-state index is 0.0444. The molecule has 4 rings (SSSR count). The van der Waals surface area contributed by atoms with Gasteiger partial charge < -0.3 is 29.2 Å². The fourth-order valence-electron chi connectivity index (χ4n) is 5.03. The van der Waals surface area contributed by atoms with Crippen LogP contribution in [0.15, 0.2) is 24.3 Å². The molecular formula is C25H32O6. The Morgan fingerprint density at radius 2 is 1.13 bits per heavy atom. The van der Waals surface area contributed by atoms with Gasteiger partial charge in [0.15, 0.2) is 23.0 Å². The smallest absolute Gasteiger partial charge is 0.252 e. The number of rotatable bonds is 4. The van der Waals surface area contributed by atoms with E-state index in [1.807, 2.05) is 26.0 Å². The first-order valence-corrected chi connectivity index (χ1v) is 10.9. The van der Waals surface area contributed by atoms with Gasteiger partial charge in [-0.3, -0.25) is 0 Å². The fraction of sp³-hybridized carbons (Fsp3) is 0.520. The molecule has 1 spiro atoms. The lowest BCUT2D eigenvalue weighted by atomic mass is 9.69. The van der Waals surface area contributed by atoms with Crippen molar-refractivity contribution >= 4 is 0 Å². The van der Waals surface area contributed by atoms with Crippen LogP contribution in [0.2, 0.25) is 0 Å². The van der Waals surface area contributed by atoms with Gasteiger partial charge in [0.25, 0.3) is 5.79 Å². The summed E-state index contributed by atoms with van der Waals surface area (Å²) in [6.45, 7) is 13.3. The number of fused-ring (bicyclic) bond motifs is 2. The summed E-state index contributed by atoms with van der Waals surface area (Å²) >= 11 is 0. The van der Waals surface area contributed by atoms with E-state index >= 15 is 0 Å². The number of phenols is 2. The first-order chi connectivity index (χ1) is 14.5. The van der Waals surface area contributed by atoms with E-state index in [2.05, 4.69) is 27.7 Å². The third kappa shape index (κ3) is 3.62. The SMILES string of the molecule is CCOc1cc2c(cc1O)OC1(CC2(C)C)CC(C)(C)c2cc(OCC)c(O)cc2O1. The van der Waals surface area contributed by atoms with Crippen molar-refractivity contribution in [3.8, 4) is 34.5 Å². The van der Waals surface area contributed by atoms with Gasteiger partial charge in [0.05, 0.1) is 13.2 Å². The number of phenolic OH excluding ortho intramolecular Hbond substituents is 2. The summed E-state index contributed by atoms with van der Waals surface area (Å²) in [6, 6.07) is 6.96. The van der Waals surface area contributed by atoms with Crippen LogP contribution in [-0.4, -0.2) is 29.2 Å². The molecule has 0 aliphatic carbocycles. The summed E-state index contributed by atoms with van der Waals surface area (Å²) in [5, 5.41) is 20.9. The van der Waals surface area contributed by atoms with Crippen molar-refractivity contribution in [1.82, 2.24) is 0 Å². The molecule has 2 heterocycles. The lowest BCUT2D eigenvalue weighted by molar-refractivity contribution is -0.166. The zero-order chi connectivity index (χ0) is 22.6. The van der Waals surface area contributed by atoms with Crippen molar-refractivity contribution < 1.29 is 29.2 Å². The van der Waals surface area contributed by atoms with Crippen molar-refractivity contribution in [2.75, 3.05) is 13.2 Å². The van der Waals surface area contributed by atoms with Gasteiger partial charge in [0.1, 0.15) is 11.5 Å². The summed E-state index contributed by atoms with van der Waals surface area (Å²) in [5.74, 6) is 1.26. The summed E-state index contributed by atoms with van der Waals surface area (Å²) < 4.78 is 24.1. The van der Waals surface area contributed by atoms with E-state index in [0.717, 1.165) is 11.1 Å². The van der Waals surface area contributed by atoms with Gasteiger partial charge in [-0.25, -0.2) is 0 Å². The molecule has 2 aromatic carbocycles. The van der Waals surface area contributed by atoms with Crippen LogP contribution >= 0.6 is 0 Å². The largest absolute Gasteiger partial charge is 0.504 e. The van der Waals surface area contributed by atoms with E-state index < -0.39 is 5.79 Å². The predicted molar refractivity (Wildman–Crippen MR) is 118 cm³/mol. The van der Waals surface area contributed by atoms with Crippen molar-refractivity contribution in [2.24, 2.45) is 0 Å². The van der Waals surface area contributed by atoms with Crippen LogP contribution < -0.4 is 18.9 Å². The van der Waals surface area contributed by atoms with Gasteiger partial charge in [-0.15, -0.1) is 0 Å². The molecule has 0 radical (unpaired) electrons. The summed E-state index contributed by atoms with van der Waals surface area (Å²) in [6.07, 6.45) is 1.22. The Morgan fingerprint density at radius 1 is 0.742 bits per heavy atom. The van der Waals surface area contributed by atoms with Crippen LogP contribution in [0.5, 0.6) is 34.5 Å². The molecule has 0 amide bonds. The van der Waals surface area contributed by atoms with Gasteiger partial charge in [-0.05, 0) is 26.0 Å². The van der Waals surface area contributed by atoms with Gasteiger partial charge >= 0.3 is 0 Å². The van der Waals surface area contributed by atoms with Crippen molar-refractivity contribution in [1.29, 1.82) is 0 Å². The van der Waals surface area contributed by atoms with Crippen LogP contribution in [0.3, 0.4) is 0 Å². The Labute approximate surface area is 183 Å². The minimum Gasteiger partial charge on any atom is -0.504 e. The number of benzene rings is 2. The summed E-state index contributed by atoms with van der Waals surface area (Å²) in [7, 11) is 0. The molecule has 0 saturated carbocycles. The number of ether oxygens (including phenoxy) is 4. The van der Waals surface area contributed by atoms with E-state index in [1.54, 1.807) is 12.1 Å². The predicted octanol–water partition coefficient (Wildman–Crippen LogP) is 5.41. The van der Waals surface area contributed by atoms with Crippen LogP contribution in [0, 0.1) is 0 Å². The highest BCUT2D eigenvalue weighted by Crippen LogP contribution is 2.56. The minimum atomic E-state index is -0.924. The number of hydrogen-bond acceptors (Lipinski definition) is 6. The van der Waals surface area contributed by atoms with Gasteiger partial charge in [-0.1, -0.05) is 27.7 Å². The zero-order valence-corrected chi connectivity index (χ0v) is 19.2. The summed E-state index contributed by atoms with van der Waals surface area (Å²) in [5.41, 5.74) is 1.38. The Balaban J connectivity index is 1.78. The molecule has 0 atom stereocenters. The molecule has 2 aliphatic rings. The topological polar surface area (TPSA) is 77.4 Å². The molecule has 0 aromatic heterocycles. The normalized spacial score (nSPS) is 19.5. The Hall–Kier alpha value is -2.76. The average molecular weight is 429 g/mol. The lowest BCUT2D eigenvalue weighted by Gasteiger charge is -2.51. The first-order valence-electron chi connectivity index (χ1n) is 10.9. The highest BCUT2D eigenvalue weighted by atomic mass is 16.7. The quantitative estimate of drug-likeness (QED) is 0.678. The van der Waals surface area contributed by atoms with E-state index in [-0.39, 0.29) is 22.3 Å². The maximum Gasteiger partial charge on any atom is 0.252 e. The molecule has 6 heteroatoms. The summed E-state index contributed by atoms with van der Waals surface area (Å²) in [4.78, 5) is 0.